The molecule has 0 spiro atoms. The number of nitrogens with two attached hydrogens (primary N) is 1. The summed E-state index contributed by atoms with van der Waals surface area (Å²) in [5, 5.41) is 1.39. The van der Waals surface area contributed by atoms with Crippen LogP contribution in [-0.4, -0.2) is 35.1 Å². The second kappa shape index (κ2) is 6.43. The Morgan fingerprint density at radius 3 is 2.77 bits per heavy atom. The number of hydrogen-bond acceptors (Lipinski definition) is 2. The van der Waals surface area contributed by atoms with Crippen LogP contribution in [-0.2, 0) is 7.05 Å². The van der Waals surface area contributed by atoms with Crippen molar-refractivity contribution < 1.29 is 0 Å². The molecule has 2 N–H and O–H groups in total. The molecule has 1 aromatic heterocycles. The molecule has 0 amide bonds. The SMILES string of the molecule is CCN1CCCCC1C(CN)c1c(C)n(C)c2ccccc12. The predicted octanol–water partition coefficient (Wildman–Crippen LogP) is 3.40. The molecule has 2 unspecified atom stereocenters. The lowest BCUT2D eigenvalue weighted by Gasteiger charge is -2.40. The van der Waals surface area contributed by atoms with Crippen LogP contribution in [0.4, 0.5) is 0 Å². The summed E-state index contributed by atoms with van der Waals surface area (Å²) in [7, 11) is 2.17. The van der Waals surface area contributed by atoms with E-state index in [1.165, 1.54) is 48.0 Å². The van der Waals surface area contributed by atoms with Crippen LogP contribution in [0.1, 0.15) is 43.4 Å². The van der Waals surface area contributed by atoms with E-state index in [0.29, 0.717) is 12.0 Å². The summed E-state index contributed by atoms with van der Waals surface area (Å²) in [6.45, 7) is 7.61. The highest BCUT2D eigenvalue weighted by Gasteiger charge is 2.32. The number of aryl methyl sites for hydroxylation is 1. The molecule has 2 heterocycles. The number of rotatable bonds is 4. The Kier molecular flexibility index (Phi) is 4.55. The molecule has 120 valence electrons. The number of fused-ring (bicyclic) bond motifs is 1. The highest BCUT2D eigenvalue weighted by atomic mass is 15.2. The lowest BCUT2D eigenvalue weighted by atomic mass is 9.84. The van der Waals surface area contributed by atoms with E-state index in [0.717, 1.165) is 13.1 Å². The monoisotopic (exact) mass is 299 g/mol. The molecule has 1 saturated heterocycles. The average molecular weight is 299 g/mol. The molecule has 0 saturated carbocycles. The van der Waals surface area contributed by atoms with Crippen molar-refractivity contribution in [3.8, 4) is 0 Å². The fourth-order valence-electron chi connectivity index (χ4n) is 4.35. The Balaban J connectivity index is 2.09. The molecule has 0 aliphatic carbocycles. The fraction of sp³-hybridized carbons (Fsp3) is 0.579. The lowest BCUT2D eigenvalue weighted by molar-refractivity contribution is 0.134. The summed E-state index contributed by atoms with van der Waals surface area (Å²) in [4.78, 5) is 2.64. The molecule has 22 heavy (non-hydrogen) atoms. The quantitative estimate of drug-likeness (QED) is 0.939. The van der Waals surface area contributed by atoms with Gasteiger partial charge in [-0.15, -0.1) is 0 Å². The van der Waals surface area contributed by atoms with Crippen LogP contribution in [0, 0.1) is 6.92 Å². The third kappa shape index (κ3) is 2.46. The van der Waals surface area contributed by atoms with Crippen molar-refractivity contribution >= 4 is 10.9 Å². The molecule has 0 radical (unpaired) electrons. The molecular formula is C19H29N3. The largest absolute Gasteiger partial charge is 0.348 e. The first-order valence-corrected chi connectivity index (χ1v) is 8.67. The highest BCUT2D eigenvalue weighted by molar-refractivity contribution is 5.86. The minimum Gasteiger partial charge on any atom is -0.348 e. The van der Waals surface area contributed by atoms with E-state index in [1.54, 1.807) is 0 Å². The van der Waals surface area contributed by atoms with E-state index in [9.17, 15) is 0 Å². The summed E-state index contributed by atoms with van der Waals surface area (Å²) >= 11 is 0. The van der Waals surface area contributed by atoms with Gasteiger partial charge in [-0.2, -0.15) is 0 Å². The maximum Gasteiger partial charge on any atom is 0.0482 e. The number of benzene rings is 1. The molecular weight excluding hydrogens is 270 g/mol. The van der Waals surface area contributed by atoms with Crippen molar-refractivity contribution in [3.05, 3.63) is 35.5 Å². The maximum absolute atomic E-state index is 6.29. The number of likely N-dealkylation sites (N-methyl/N-ethyl adjacent to an activating group) is 1. The standard InChI is InChI=1S/C19H29N3/c1-4-22-12-8-7-11-18(22)16(13-20)19-14(2)21(3)17-10-6-5-9-15(17)19/h5-6,9-10,16,18H,4,7-8,11-13,20H2,1-3H3. The highest BCUT2D eigenvalue weighted by Crippen LogP contribution is 2.36. The predicted molar refractivity (Wildman–Crippen MR) is 94.3 cm³/mol. The van der Waals surface area contributed by atoms with Crippen molar-refractivity contribution in [1.82, 2.24) is 9.47 Å². The second-order valence-electron chi connectivity index (χ2n) is 6.61. The van der Waals surface area contributed by atoms with E-state index < -0.39 is 0 Å². The van der Waals surface area contributed by atoms with Crippen molar-refractivity contribution in [3.63, 3.8) is 0 Å². The summed E-state index contributed by atoms with van der Waals surface area (Å²) in [6.07, 6.45) is 3.94. The van der Waals surface area contributed by atoms with Crippen LogP contribution < -0.4 is 5.73 Å². The zero-order valence-electron chi connectivity index (χ0n) is 14.2. The van der Waals surface area contributed by atoms with Crippen LogP contribution in [0.25, 0.3) is 10.9 Å². The van der Waals surface area contributed by atoms with Gasteiger partial charge in [-0.1, -0.05) is 31.5 Å². The minimum absolute atomic E-state index is 0.436. The van der Waals surface area contributed by atoms with E-state index >= 15 is 0 Å². The Morgan fingerprint density at radius 1 is 1.27 bits per heavy atom. The Hall–Kier alpha value is -1.32. The zero-order chi connectivity index (χ0) is 15.7. The Labute approximate surface area is 134 Å². The van der Waals surface area contributed by atoms with Crippen LogP contribution in [0.3, 0.4) is 0 Å². The molecule has 1 aromatic carbocycles. The van der Waals surface area contributed by atoms with Crippen molar-refractivity contribution in [2.75, 3.05) is 19.6 Å². The number of para-hydroxylation sites is 1. The van der Waals surface area contributed by atoms with Gasteiger partial charge in [-0.25, -0.2) is 0 Å². The minimum atomic E-state index is 0.436. The Morgan fingerprint density at radius 2 is 2.05 bits per heavy atom. The summed E-state index contributed by atoms with van der Waals surface area (Å²) < 4.78 is 2.33. The van der Waals surface area contributed by atoms with Crippen LogP contribution in [0.15, 0.2) is 24.3 Å². The number of piperidine rings is 1. The normalized spacial score (nSPS) is 21.4. The van der Waals surface area contributed by atoms with Crippen LogP contribution in [0.2, 0.25) is 0 Å². The molecule has 1 fully saturated rings. The van der Waals surface area contributed by atoms with E-state index in [1.807, 2.05) is 0 Å². The lowest BCUT2D eigenvalue weighted by Crippen LogP contribution is -2.45. The van der Waals surface area contributed by atoms with Gasteiger partial charge in [-0.05, 0) is 44.5 Å². The zero-order valence-corrected chi connectivity index (χ0v) is 14.2. The third-order valence-corrected chi connectivity index (χ3v) is 5.61. The summed E-state index contributed by atoms with van der Waals surface area (Å²) in [6, 6.07) is 9.35. The number of hydrogen-bond donors (Lipinski definition) is 1. The van der Waals surface area contributed by atoms with Gasteiger partial charge in [0.2, 0.25) is 0 Å². The number of likely N-dealkylation sites (tertiary alicyclic amines) is 1. The topological polar surface area (TPSA) is 34.2 Å². The van der Waals surface area contributed by atoms with Gasteiger partial charge in [0.25, 0.3) is 0 Å². The molecule has 3 rings (SSSR count). The first-order chi connectivity index (χ1) is 10.7. The molecule has 2 atom stereocenters. The van der Waals surface area contributed by atoms with Gasteiger partial charge in [0.05, 0.1) is 0 Å². The van der Waals surface area contributed by atoms with Crippen molar-refractivity contribution in [2.45, 2.75) is 45.1 Å². The summed E-state index contributed by atoms with van der Waals surface area (Å²) in [5.74, 6) is 0.436. The summed E-state index contributed by atoms with van der Waals surface area (Å²) in [5.41, 5.74) is 10.5. The molecule has 3 heteroatoms. The molecule has 2 aromatic rings. The van der Waals surface area contributed by atoms with Gasteiger partial charge >= 0.3 is 0 Å². The van der Waals surface area contributed by atoms with Crippen LogP contribution in [0.5, 0.6) is 0 Å². The first kappa shape index (κ1) is 15.6. The third-order valence-electron chi connectivity index (χ3n) is 5.61. The van der Waals surface area contributed by atoms with Gasteiger partial charge in [0.1, 0.15) is 0 Å². The smallest absolute Gasteiger partial charge is 0.0482 e. The van der Waals surface area contributed by atoms with Crippen molar-refractivity contribution in [2.24, 2.45) is 12.8 Å². The molecule has 0 bridgehead atoms. The van der Waals surface area contributed by atoms with Crippen LogP contribution >= 0.6 is 0 Å². The average Bonchev–Trinajstić information content (AvgIpc) is 2.82. The fourth-order valence-corrected chi connectivity index (χ4v) is 4.35. The first-order valence-electron chi connectivity index (χ1n) is 8.67. The van der Waals surface area contributed by atoms with E-state index in [2.05, 4.69) is 54.6 Å². The van der Waals surface area contributed by atoms with E-state index in [-0.39, 0.29) is 0 Å². The van der Waals surface area contributed by atoms with Gasteiger partial charge in [0.15, 0.2) is 0 Å². The number of aromatic nitrogens is 1. The maximum atomic E-state index is 6.29. The molecule has 3 nitrogen and oxygen atoms in total. The second-order valence-corrected chi connectivity index (χ2v) is 6.61. The van der Waals surface area contributed by atoms with Gasteiger partial charge in [-0.3, -0.25) is 0 Å². The molecule has 1 aliphatic rings. The van der Waals surface area contributed by atoms with E-state index in [4.69, 9.17) is 5.73 Å². The Bertz CT molecular complexity index is 643. The molecule has 1 aliphatic heterocycles. The van der Waals surface area contributed by atoms with Crippen molar-refractivity contribution in [1.29, 1.82) is 0 Å². The van der Waals surface area contributed by atoms with Gasteiger partial charge in [0, 0.05) is 42.1 Å². The van der Waals surface area contributed by atoms with Gasteiger partial charge < -0.3 is 15.2 Å². The number of nitrogens with zero attached hydrogens (tertiary/aromatic N) is 2.